The van der Waals surface area contributed by atoms with Crippen LogP contribution in [0.25, 0.3) is 0 Å². The van der Waals surface area contributed by atoms with Crippen molar-refractivity contribution in [2.24, 2.45) is 0 Å². The van der Waals surface area contributed by atoms with E-state index in [4.69, 9.17) is 4.74 Å². The van der Waals surface area contributed by atoms with E-state index in [9.17, 15) is 9.59 Å². The number of carbonyl (C=O) groups excluding carboxylic acids is 2. The quantitative estimate of drug-likeness (QED) is 0.349. The molecule has 1 amide bonds. The van der Waals surface area contributed by atoms with Gasteiger partial charge in [-0.1, -0.05) is 43.8 Å². The Labute approximate surface area is 183 Å². The van der Waals surface area contributed by atoms with Gasteiger partial charge in [0.1, 0.15) is 0 Å². The first-order valence-corrected chi connectivity index (χ1v) is 11.5. The van der Waals surface area contributed by atoms with Gasteiger partial charge in [0.15, 0.2) is 11.3 Å². The standard InChI is InChI=1S/C23H31N3O3S/c1-7-14(2)18-10-8-9-11-20(18)26-22(28)17(5)29-21(27)13-12-19-15(3)24-23(30-6)25-16(19)4/h8-11,14,17H,7,12-13H2,1-6H3,(H,26,28). The average Bonchev–Trinajstić information content (AvgIpc) is 2.72. The maximum Gasteiger partial charge on any atom is 0.306 e. The topological polar surface area (TPSA) is 81.2 Å². The van der Waals surface area contributed by atoms with Crippen molar-refractivity contribution in [1.29, 1.82) is 0 Å². The fourth-order valence-corrected chi connectivity index (χ4v) is 3.65. The number of aryl methyl sites for hydroxylation is 2. The van der Waals surface area contributed by atoms with Crippen molar-refractivity contribution in [2.75, 3.05) is 11.6 Å². The van der Waals surface area contributed by atoms with E-state index in [0.29, 0.717) is 12.3 Å². The van der Waals surface area contributed by atoms with Crippen molar-refractivity contribution in [1.82, 2.24) is 9.97 Å². The first-order valence-electron chi connectivity index (χ1n) is 10.2. The summed E-state index contributed by atoms with van der Waals surface area (Å²) >= 11 is 1.49. The van der Waals surface area contributed by atoms with Gasteiger partial charge >= 0.3 is 5.97 Å². The number of thioether (sulfide) groups is 1. The molecule has 0 aliphatic carbocycles. The second-order valence-corrected chi connectivity index (χ2v) is 8.15. The Morgan fingerprint density at radius 2 is 1.77 bits per heavy atom. The Morgan fingerprint density at radius 3 is 2.37 bits per heavy atom. The molecule has 2 aromatic rings. The third-order valence-electron chi connectivity index (χ3n) is 5.20. The SMILES string of the molecule is CCC(C)c1ccccc1NC(=O)C(C)OC(=O)CCc1c(C)nc(SC)nc1C. The molecule has 6 nitrogen and oxygen atoms in total. The summed E-state index contributed by atoms with van der Waals surface area (Å²) in [6.07, 6.45) is 2.68. The van der Waals surface area contributed by atoms with Gasteiger partial charge < -0.3 is 10.1 Å². The van der Waals surface area contributed by atoms with Crippen molar-refractivity contribution in [3.8, 4) is 0 Å². The van der Waals surface area contributed by atoms with Gasteiger partial charge in [0.05, 0.1) is 0 Å². The molecule has 0 fully saturated rings. The molecule has 7 heteroatoms. The number of anilines is 1. The summed E-state index contributed by atoms with van der Waals surface area (Å²) in [7, 11) is 0. The normalized spacial score (nSPS) is 12.9. The number of carbonyl (C=O) groups is 2. The van der Waals surface area contributed by atoms with Gasteiger partial charge in [-0.15, -0.1) is 0 Å². The van der Waals surface area contributed by atoms with Gasteiger partial charge in [0.2, 0.25) is 0 Å². The lowest BCUT2D eigenvalue weighted by Gasteiger charge is -2.18. The number of hydrogen-bond donors (Lipinski definition) is 1. The maximum absolute atomic E-state index is 12.6. The van der Waals surface area contributed by atoms with Crippen LogP contribution in [0, 0.1) is 13.8 Å². The summed E-state index contributed by atoms with van der Waals surface area (Å²) in [5.41, 5.74) is 4.52. The second kappa shape index (κ2) is 11.1. The summed E-state index contributed by atoms with van der Waals surface area (Å²) in [4.78, 5) is 33.7. The van der Waals surface area contributed by atoms with Crippen molar-refractivity contribution < 1.29 is 14.3 Å². The van der Waals surface area contributed by atoms with E-state index < -0.39 is 12.1 Å². The Balaban J connectivity index is 1.94. The summed E-state index contributed by atoms with van der Waals surface area (Å²) in [6, 6.07) is 7.72. The van der Waals surface area contributed by atoms with Crippen LogP contribution in [0.5, 0.6) is 0 Å². The van der Waals surface area contributed by atoms with E-state index in [2.05, 4.69) is 29.1 Å². The summed E-state index contributed by atoms with van der Waals surface area (Å²) in [6.45, 7) is 9.65. The van der Waals surface area contributed by atoms with E-state index in [1.165, 1.54) is 11.8 Å². The third kappa shape index (κ3) is 6.29. The summed E-state index contributed by atoms with van der Waals surface area (Å²) in [5.74, 6) is -0.426. The number of hydrogen-bond acceptors (Lipinski definition) is 6. The predicted octanol–water partition coefficient (Wildman–Crippen LogP) is 4.83. The Morgan fingerprint density at radius 1 is 1.13 bits per heavy atom. The molecule has 0 saturated heterocycles. The van der Waals surface area contributed by atoms with E-state index in [-0.39, 0.29) is 12.3 Å². The highest BCUT2D eigenvalue weighted by Gasteiger charge is 2.20. The van der Waals surface area contributed by atoms with Crippen molar-refractivity contribution in [2.45, 2.75) is 71.1 Å². The monoisotopic (exact) mass is 429 g/mol. The smallest absolute Gasteiger partial charge is 0.306 e. The maximum atomic E-state index is 12.6. The second-order valence-electron chi connectivity index (χ2n) is 7.38. The number of aromatic nitrogens is 2. The molecule has 2 atom stereocenters. The number of esters is 1. The number of nitrogens with one attached hydrogen (secondary N) is 1. The molecular formula is C23H31N3O3S. The predicted molar refractivity (Wildman–Crippen MR) is 121 cm³/mol. The zero-order valence-corrected chi connectivity index (χ0v) is 19.4. The number of benzene rings is 1. The molecule has 1 N–H and O–H groups in total. The highest BCUT2D eigenvalue weighted by Crippen LogP contribution is 2.26. The van der Waals surface area contributed by atoms with Crippen LogP contribution in [0.15, 0.2) is 29.4 Å². The minimum Gasteiger partial charge on any atom is -0.453 e. The van der Waals surface area contributed by atoms with Crippen molar-refractivity contribution >= 4 is 29.3 Å². The molecular weight excluding hydrogens is 398 g/mol. The molecule has 0 aliphatic heterocycles. The van der Waals surface area contributed by atoms with Crippen LogP contribution in [-0.4, -0.2) is 34.2 Å². The van der Waals surface area contributed by atoms with E-state index in [0.717, 1.165) is 39.8 Å². The molecule has 1 aromatic heterocycles. The Kier molecular flexibility index (Phi) is 8.84. The van der Waals surface area contributed by atoms with Gasteiger partial charge in [-0.2, -0.15) is 0 Å². The largest absolute Gasteiger partial charge is 0.453 e. The highest BCUT2D eigenvalue weighted by molar-refractivity contribution is 7.98. The Hall–Kier alpha value is -2.41. The van der Waals surface area contributed by atoms with Gasteiger partial charge in [-0.05, 0) is 63.0 Å². The zero-order valence-electron chi connectivity index (χ0n) is 18.6. The van der Waals surface area contributed by atoms with Crippen LogP contribution in [0.3, 0.4) is 0 Å². The number of rotatable bonds is 9. The van der Waals surface area contributed by atoms with Gasteiger partial charge in [0.25, 0.3) is 5.91 Å². The molecule has 162 valence electrons. The molecule has 2 rings (SSSR count). The average molecular weight is 430 g/mol. The molecule has 0 spiro atoms. The lowest BCUT2D eigenvalue weighted by atomic mass is 9.97. The summed E-state index contributed by atoms with van der Waals surface area (Å²) in [5, 5.41) is 3.62. The minimum atomic E-state index is -0.875. The molecule has 1 heterocycles. The van der Waals surface area contributed by atoms with Crippen molar-refractivity contribution in [3.63, 3.8) is 0 Å². The molecule has 0 aliphatic rings. The van der Waals surface area contributed by atoms with E-state index in [1.54, 1.807) is 6.92 Å². The summed E-state index contributed by atoms with van der Waals surface area (Å²) < 4.78 is 5.36. The van der Waals surface area contributed by atoms with Gasteiger partial charge in [0, 0.05) is 23.5 Å². The lowest BCUT2D eigenvalue weighted by Crippen LogP contribution is -2.30. The van der Waals surface area contributed by atoms with E-state index >= 15 is 0 Å². The van der Waals surface area contributed by atoms with E-state index in [1.807, 2.05) is 44.4 Å². The molecule has 0 radical (unpaired) electrons. The van der Waals surface area contributed by atoms with Gasteiger partial charge in [-0.25, -0.2) is 9.97 Å². The number of amides is 1. The molecule has 30 heavy (non-hydrogen) atoms. The molecule has 0 saturated carbocycles. The lowest BCUT2D eigenvalue weighted by molar-refractivity contribution is -0.153. The number of para-hydroxylation sites is 1. The van der Waals surface area contributed by atoms with Crippen LogP contribution in [0.2, 0.25) is 0 Å². The van der Waals surface area contributed by atoms with Crippen LogP contribution in [-0.2, 0) is 20.7 Å². The number of ether oxygens (including phenoxy) is 1. The first kappa shape index (κ1) is 23.9. The molecule has 2 unspecified atom stereocenters. The van der Waals surface area contributed by atoms with Crippen LogP contribution >= 0.6 is 11.8 Å². The van der Waals surface area contributed by atoms with Crippen molar-refractivity contribution in [3.05, 3.63) is 46.8 Å². The zero-order chi connectivity index (χ0) is 22.3. The van der Waals surface area contributed by atoms with Crippen LogP contribution in [0.4, 0.5) is 5.69 Å². The highest BCUT2D eigenvalue weighted by atomic mass is 32.2. The van der Waals surface area contributed by atoms with Crippen LogP contribution < -0.4 is 5.32 Å². The molecule has 1 aromatic carbocycles. The minimum absolute atomic E-state index is 0.171. The number of nitrogens with zero attached hydrogens (tertiary/aromatic N) is 2. The molecule has 0 bridgehead atoms. The fourth-order valence-electron chi connectivity index (χ4n) is 3.19. The van der Waals surface area contributed by atoms with Gasteiger partial charge in [-0.3, -0.25) is 9.59 Å². The van der Waals surface area contributed by atoms with Crippen LogP contribution in [0.1, 0.15) is 62.0 Å². The third-order valence-corrected chi connectivity index (χ3v) is 5.75. The first-order chi connectivity index (χ1) is 14.3. The fraction of sp³-hybridized carbons (Fsp3) is 0.478. The Bertz CT molecular complexity index is 878.